The van der Waals surface area contributed by atoms with Crippen molar-refractivity contribution in [3.8, 4) is 0 Å². The Morgan fingerprint density at radius 1 is 1.62 bits per heavy atom. The largest absolute Gasteiger partial charge is 0.468 e. The van der Waals surface area contributed by atoms with Gasteiger partial charge in [-0.25, -0.2) is 0 Å². The second-order valence-electron chi connectivity index (χ2n) is 5.45. The first-order valence-electron chi connectivity index (χ1n) is 7.69. The predicted molar refractivity (Wildman–Crippen MR) is 85.3 cm³/mol. The van der Waals surface area contributed by atoms with Gasteiger partial charge in [-0.3, -0.25) is 4.79 Å². The summed E-state index contributed by atoms with van der Waals surface area (Å²) in [4.78, 5) is 12.3. The van der Waals surface area contributed by atoms with Gasteiger partial charge in [-0.2, -0.15) is 11.8 Å². The average Bonchev–Trinajstić information content (AvgIpc) is 3.14. The van der Waals surface area contributed by atoms with E-state index >= 15 is 0 Å². The van der Waals surface area contributed by atoms with Gasteiger partial charge >= 0.3 is 5.97 Å². The maximum atomic E-state index is 12.3. The second kappa shape index (κ2) is 7.90. The van der Waals surface area contributed by atoms with E-state index in [0.29, 0.717) is 12.5 Å². The van der Waals surface area contributed by atoms with Crippen LogP contribution in [0.15, 0.2) is 22.8 Å². The summed E-state index contributed by atoms with van der Waals surface area (Å²) in [6.07, 6.45) is 5.81. The molecule has 1 aromatic heterocycles. The van der Waals surface area contributed by atoms with Crippen molar-refractivity contribution in [2.24, 2.45) is 5.92 Å². The molecule has 0 aromatic carbocycles. The van der Waals surface area contributed by atoms with Crippen LogP contribution in [0.2, 0.25) is 0 Å². The summed E-state index contributed by atoms with van der Waals surface area (Å²) >= 11 is 1.86. The van der Waals surface area contributed by atoms with E-state index in [1.807, 2.05) is 37.9 Å². The highest BCUT2D eigenvalue weighted by atomic mass is 32.2. The lowest BCUT2D eigenvalue weighted by Crippen LogP contribution is -2.54. The Labute approximate surface area is 131 Å². The van der Waals surface area contributed by atoms with Gasteiger partial charge in [0.05, 0.1) is 18.6 Å². The van der Waals surface area contributed by atoms with Crippen LogP contribution in [-0.2, 0) is 15.3 Å². The molecule has 0 bridgehead atoms. The van der Waals surface area contributed by atoms with Gasteiger partial charge in [0.15, 0.2) is 0 Å². The van der Waals surface area contributed by atoms with E-state index in [4.69, 9.17) is 9.15 Å². The SMILES string of the molecule is CCOC(=O)C1(NC)CCCC1CCSCc1ccco1. The van der Waals surface area contributed by atoms with Crippen molar-refractivity contribution in [2.75, 3.05) is 19.4 Å². The Hall–Kier alpha value is -0.940. The van der Waals surface area contributed by atoms with E-state index in [-0.39, 0.29) is 5.97 Å². The lowest BCUT2D eigenvalue weighted by molar-refractivity contribution is -0.152. The first-order chi connectivity index (χ1) is 10.2. The molecule has 0 radical (unpaired) electrons. The monoisotopic (exact) mass is 311 g/mol. The molecule has 1 aromatic rings. The Balaban J connectivity index is 1.84. The predicted octanol–water partition coefficient (Wildman–Crippen LogP) is 3.22. The van der Waals surface area contributed by atoms with Crippen molar-refractivity contribution in [2.45, 2.75) is 43.9 Å². The Bertz CT molecular complexity index is 435. The van der Waals surface area contributed by atoms with Crippen LogP contribution >= 0.6 is 11.8 Å². The van der Waals surface area contributed by atoms with Crippen LogP contribution in [0.5, 0.6) is 0 Å². The van der Waals surface area contributed by atoms with Gasteiger partial charge in [-0.05, 0) is 57.0 Å². The summed E-state index contributed by atoms with van der Waals surface area (Å²) in [5.74, 6) is 3.23. The smallest absolute Gasteiger partial charge is 0.326 e. The molecule has 2 atom stereocenters. The summed E-state index contributed by atoms with van der Waals surface area (Å²) in [5.41, 5.74) is -0.471. The lowest BCUT2D eigenvalue weighted by atomic mass is 9.85. The van der Waals surface area contributed by atoms with E-state index in [9.17, 15) is 4.79 Å². The number of likely N-dealkylation sites (N-methyl/N-ethyl adjacent to an activating group) is 1. The third kappa shape index (κ3) is 3.83. The molecule has 21 heavy (non-hydrogen) atoms. The quantitative estimate of drug-likeness (QED) is 0.590. The van der Waals surface area contributed by atoms with Crippen molar-refractivity contribution in [1.29, 1.82) is 0 Å². The summed E-state index contributed by atoms with van der Waals surface area (Å²) in [6.45, 7) is 2.31. The van der Waals surface area contributed by atoms with Crippen molar-refractivity contribution in [3.63, 3.8) is 0 Å². The third-order valence-electron chi connectivity index (χ3n) is 4.34. The fraction of sp³-hybridized carbons (Fsp3) is 0.688. The molecule has 2 unspecified atom stereocenters. The number of nitrogens with one attached hydrogen (secondary N) is 1. The van der Waals surface area contributed by atoms with Crippen LogP contribution in [0.1, 0.15) is 38.4 Å². The number of carbonyl (C=O) groups excluding carboxylic acids is 1. The number of carbonyl (C=O) groups is 1. The average molecular weight is 311 g/mol. The van der Waals surface area contributed by atoms with Crippen LogP contribution in [0.3, 0.4) is 0 Å². The highest BCUT2D eigenvalue weighted by molar-refractivity contribution is 7.98. The maximum Gasteiger partial charge on any atom is 0.326 e. The fourth-order valence-corrected chi connectivity index (χ4v) is 4.18. The van der Waals surface area contributed by atoms with E-state index in [0.717, 1.165) is 42.9 Å². The van der Waals surface area contributed by atoms with Crippen LogP contribution < -0.4 is 5.32 Å². The number of hydrogen-bond acceptors (Lipinski definition) is 5. The molecular weight excluding hydrogens is 286 g/mol. The van der Waals surface area contributed by atoms with Crippen LogP contribution in [0.4, 0.5) is 0 Å². The van der Waals surface area contributed by atoms with E-state index in [2.05, 4.69) is 5.32 Å². The van der Waals surface area contributed by atoms with E-state index < -0.39 is 5.54 Å². The molecule has 1 saturated carbocycles. The molecule has 1 heterocycles. The summed E-state index contributed by atoms with van der Waals surface area (Å²) in [7, 11) is 1.88. The highest BCUT2D eigenvalue weighted by Crippen LogP contribution is 2.39. The van der Waals surface area contributed by atoms with E-state index in [1.54, 1.807) is 6.26 Å². The second-order valence-corrected chi connectivity index (χ2v) is 6.56. The first kappa shape index (κ1) is 16.4. The summed E-state index contributed by atoms with van der Waals surface area (Å²) < 4.78 is 10.6. The van der Waals surface area contributed by atoms with Gasteiger partial charge in [-0.1, -0.05) is 6.42 Å². The Morgan fingerprint density at radius 2 is 2.48 bits per heavy atom. The zero-order valence-corrected chi connectivity index (χ0v) is 13.7. The molecule has 1 fully saturated rings. The highest BCUT2D eigenvalue weighted by Gasteiger charge is 2.48. The molecule has 2 rings (SSSR count). The summed E-state index contributed by atoms with van der Waals surface area (Å²) in [5, 5.41) is 3.26. The fourth-order valence-electron chi connectivity index (χ4n) is 3.22. The number of thioether (sulfide) groups is 1. The molecule has 5 heteroatoms. The molecule has 0 amide bonds. The molecule has 1 aliphatic carbocycles. The number of esters is 1. The lowest BCUT2D eigenvalue weighted by Gasteiger charge is -2.32. The molecule has 118 valence electrons. The summed E-state index contributed by atoms with van der Waals surface area (Å²) in [6, 6.07) is 3.92. The van der Waals surface area contributed by atoms with Crippen molar-refractivity contribution in [1.82, 2.24) is 5.32 Å². The maximum absolute atomic E-state index is 12.3. The molecule has 4 nitrogen and oxygen atoms in total. The van der Waals surface area contributed by atoms with Gasteiger partial charge in [0, 0.05) is 0 Å². The Morgan fingerprint density at radius 3 is 3.14 bits per heavy atom. The zero-order valence-electron chi connectivity index (χ0n) is 12.9. The Kier molecular flexibility index (Phi) is 6.18. The van der Waals surface area contributed by atoms with Gasteiger partial charge in [0.2, 0.25) is 0 Å². The molecule has 0 spiro atoms. The van der Waals surface area contributed by atoms with Gasteiger partial charge < -0.3 is 14.5 Å². The third-order valence-corrected chi connectivity index (χ3v) is 5.35. The number of ether oxygens (including phenoxy) is 1. The molecule has 1 aliphatic rings. The van der Waals surface area contributed by atoms with Crippen molar-refractivity contribution in [3.05, 3.63) is 24.2 Å². The minimum atomic E-state index is -0.471. The first-order valence-corrected chi connectivity index (χ1v) is 8.84. The van der Waals surface area contributed by atoms with Crippen molar-refractivity contribution >= 4 is 17.7 Å². The molecule has 1 N–H and O–H groups in total. The topological polar surface area (TPSA) is 51.5 Å². The molecule has 0 aliphatic heterocycles. The molecule has 0 saturated heterocycles. The van der Waals surface area contributed by atoms with Gasteiger partial charge in [-0.15, -0.1) is 0 Å². The normalized spacial score (nSPS) is 25.1. The minimum Gasteiger partial charge on any atom is -0.468 e. The van der Waals surface area contributed by atoms with Gasteiger partial charge in [0.1, 0.15) is 11.3 Å². The van der Waals surface area contributed by atoms with Crippen LogP contribution in [0.25, 0.3) is 0 Å². The van der Waals surface area contributed by atoms with Gasteiger partial charge in [0.25, 0.3) is 0 Å². The van der Waals surface area contributed by atoms with Crippen LogP contribution in [-0.4, -0.2) is 30.9 Å². The van der Waals surface area contributed by atoms with Crippen molar-refractivity contribution < 1.29 is 13.9 Å². The van der Waals surface area contributed by atoms with E-state index in [1.165, 1.54) is 0 Å². The minimum absolute atomic E-state index is 0.0777. The number of hydrogen-bond donors (Lipinski definition) is 1. The number of rotatable bonds is 8. The molecular formula is C16H25NO3S. The van der Waals surface area contributed by atoms with Crippen LogP contribution in [0, 0.1) is 5.92 Å². The number of furan rings is 1. The standard InChI is InChI=1S/C16H25NO3S/c1-3-19-15(18)16(17-2)9-4-6-13(16)8-11-21-12-14-7-5-10-20-14/h5,7,10,13,17H,3-4,6,8-9,11-12H2,1-2H3. The zero-order chi connectivity index (χ0) is 15.1.